The smallest absolute Gasteiger partial charge is 0.288 e. The highest BCUT2D eigenvalue weighted by atomic mass is 35.5. The van der Waals surface area contributed by atoms with Crippen LogP contribution in [0.15, 0.2) is 18.2 Å². The summed E-state index contributed by atoms with van der Waals surface area (Å²) in [5.41, 5.74) is 0.0214. The molecule has 1 heterocycles. The van der Waals surface area contributed by atoms with Gasteiger partial charge in [-0.15, -0.1) is 0 Å². The average molecular weight is 287 g/mol. The van der Waals surface area contributed by atoms with Gasteiger partial charge in [-0.05, 0) is 24.3 Å². The Bertz CT molecular complexity index is 489. The van der Waals surface area contributed by atoms with Gasteiger partial charge >= 0.3 is 0 Å². The lowest BCUT2D eigenvalue weighted by Gasteiger charge is -2.11. The largest absolute Gasteiger partial charge is 0.348 e. The zero-order valence-corrected chi connectivity index (χ0v) is 11.0. The molecule has 7 heteroatoms. The van der Waals surface area contributed by atoms with Gasteiger partial charge < -0.3 is 5.32 Å². The maximum atomic E-state index is 11.9. The molecule has 1 aliphatic rings. The number of halogens is 1. The Hall–Kier alpha value is -1.27. The molecule has 0 radical (unpaired) electrons. The quantitative estimate of drug-likeness (QED) is 0.684. The van der Waals surface area contributed by atoms with E-state index in [1.54, 1.807) is 11.8 Å². The summed E-state index contributed by atoms with van der Waals surface area (Å²) in [6.45, 7) is 0. The molecule has 18 heavy (non-hydrogen) atoms. The van der Waals surface area contributed by atoms with Crippen molar-refractivity contribution in [2.24, 2.45) is 0 Å². The van der Waals surface area contributed by atoms with Crippen LogP contribution in [0.3, 0.4) is 0 Å². The first kappa shape index (κ1) is 13.2. The third-order valence-corrected chi connectivity index (χ3v) is 4.15. The predicted octanol–water partition coefficient (Wildman–Crippen LogP) is 2.48. The van der Waals surface area contributed by atoms with Crippen LogP contribution in [0.25, 0.3) is 0 Å². The predicted molar refractivity (Wildman–Crippen MR) is 71.3 cm³/mol. The highest BCUT2D eigenvalue weighted by molar-refractivity contribution is 7.99. The fourth-order valence-electron chi connectivity index (χ4n) is 1.71. The molecule has 2 rings (SSSR count). The fourth-order valence-corrected chi connectivity index (χ4v) is 3.05. The fraction of sp³-hybridized carbons (Fsp3) is 0.364. The number of hydrogen-bond acceptors (Lipinski definition) is 4. The number of hydrogen-bond donors (Lipinski definition) is 1. The van der Waals surface area contributed by atoms with Crippen LogP contribution in [0.2, 0.25) is 5.02 Å². The molecule has 0 aromatic heterocycles. The first-order valence-electron chi connectivity index (χ1n) is 5.40. The highest BCUT2D eigenvalue weighted by Gasteiger charge is 2.20. The van der Waals surface area contributed by atoms with Gasteiger partial charge in [-0.25, -0.2) is 0 Å². The number of amides is 1. The molecule has 1 saturated heterocycles. The van der Waals surface area contributed by atoms with Crippen LogP contribution in [0.4, 0.5) is 5.69 Å². The van der Waals surface area contributed by atoms with Gasteiger partial charge in [0.25, 0.3) is 11.6 Å². The van der Waals surface area contributed by atoms with Gasteiger partial charge in [-0.1, -0.05) is 11.6 Å². The van der Waals surface area contributed by atoms with Crippen molar-refractivity contribution in [3.05, 3.63) is 38.9 Å². The van der Waals surface area contributed by atoms with E-state index in [4.69, 9.17) is 11.6 Å². The Labute approximate surface area is 113 Å². The van der Waals surface area contributed by atoms with E-state index in [1.165, 1.54) is 18.2 Å². The molecule has 1 atom stereocenters. The van der Waals surface area contributed by atoms with Gasteiger partial charge in [0.1, 0.15) is 5.02 Å². The van der Waals surface area contributed by atoms with Crippen molar-refractivity contribution < 1.29 is 9.72 Å². The van der Waals surface area contributed by atoms with E-state index in [9.17, 15) is 14.9 Å². The molecular formula is C11H11ClN2O3S. The number of rotatable bonds is 3. The number of nitrogens with one attached hydrogen (secondary N) is 1. The van der Waals surface area contributed by atoms with Crippen LogP contribution in [-0.2, 0) is 0 Å². The molecule has 1 unspecified atom stereocenters. The van der Waals surface area contributed by atoms with Crippen molar-refractivity contribution in [3.63, 3.8) is 0 Å². The third-order valence-electron chi connectivity index (χ3n) is 2.67. The topological polar surface area (TPSA) is 72.2 Å². The van der Waals surface area contributed by atoms with Crippen LogP contribution < -0.4 is 5.32 Å². The molecule has 1 fully saturated rings. The third kappa shape index (κ3) is 2.94. The Morgan fingerprint density at radius 2 is 2.33 bits per heavy atom. The van der Waals surface area contributed by atoms with Crippen molar-refractivity contribution in [3.8, 4) is 0 Å². The SMILES string of the molecule is O=C(NC1CCSC1)c1ccc(Cl)c([N+](=O)[O-])c1. The van der Waals surface area contributed by atoms with Gasteiger partial charge in [-0.2, -0.15) is 11.8 Å². The zero-order valence-electron chi connectivity index (χ0n) is 9.39. The molecule has 0 aliphatic carbocycles. The summed E-state index contributed by atoms with van der Waals surface area (Å²) in [6, 6.07) is 4.22. The number of carbonyl (C=O) groups excluding carboxylic acids is 1. The molecule has 5 nitrogen and oxygen atoms in total. The first-order valence-corrected chi connectivity index (χ1v) is 6.94. The summed E-state index contributed by atoms with van der Waals surface area (Å²) in [7, 11) is 0. The molecule has 1 N–H and O–H groups in total. The molecule has 1 amide bonds. The Kier molecular flexibility index (Phi) is 4.08. The molecule has 1 aliphatic heterocycles. The molecule has 1 aromatic rings. The van der Waals surface area contributed by atoms with Gasteiger partial charge in [0.15, 0.2) is 0 Å². The summed E-state index contributed by atoms with van der Waals surface area (Å²) in [4.78, 5) is 22.0. The van der Waals surface area contributed by atoms with E-state index in [-0.39, 0.29) is 28.2 Å². The van der Waals surface area contributed by atoms with Crippen molar-refractivity contribution in [2.45, 2.75) is 12.5 Å². The maximum absolute atomic E-state index is 11.9. The molecule has 0 bridgehead atoms. The van der Waals surface area contributed by atoms with Crippen LogP contribution >= 0.6 is 23.4 Å². The van der Waals surface area contributed by atoms with Crippen molar-refractivity contribution >= 4 is 35.0 Å². The number of nitro groups is 1. The normalized spacial score (nSPS) is 18.6. The number of carbonyl (C=O) groups is 1. The second kappa shape index (κ2) is 5.58. The monoisotopic (exact) mass is 286 g/mol. The summed E-state index contributed by atoms with van der Waals surface area (Å²) in [5, 5.41) is 13.6. The Morgan fingerprint density at radius 3 is 2.94 bits per heavy atom. The second-order valence-electron chi connectivity index (χ2n) is 3.96. The number of nitrogens with zero attached hydrogens (tertiary/aromatic N) is 1. The Balaban J connectivity index is 2.14. The highest BCUT2D eigenvalue weighted by Crippen LogP contribution is 2.25. The van der Waals surface area contributed by atoms with Crippen LogP contribution in [-0.4, -0.2) is 28.4 Å². The van der Waals surface area contributed by atoms with Crippen molar-refractivity contribution in [2.75, 3.05) is 11.5 Å². The van der Waals surface area contributed by atoms with E-state index >= 15 is 0 Å². The first-order chi connectivity index (χ1) is 8.58. The van der Waals surface area contributed by atoms with E-state index in [1.807, 2.05) is 0 Å². The molecule has 96 valence electrons. The lowest BCUT2D eigenvalue weighted by atomic mass is 10.1. The van der Waals surface area contributed by atoms with Gasteiger partial charge in [0.05, 0.1) is 4.92 Å². The number of benzene rings is 1. The summed E-state index contributed by atoms with van der Waals surface area (Å²) in [6.07, 6.45) is 0.937. The van der Waals surface area contributed by atoms with E-state index in [0.29, 0.717) is 0 Å². The lowest BCUT2D eigenvalue weighted by molar-refractivity contribution is -0.384. The van der Waals surface area contributed by atoms with Crippen LogP contribution in [0.5, 0.6) is 0 Å². The zero-order chi connectivity index (χ0) is 13.1. The van der Waals surface area contributed by atoms with E-state index in [2.05, 4.69) is 5.32 Å². The lowest BCUT2D eigenvalue weighted by Crippen LogP contribution is -2.34. The summed E-state index contributed by atoms with van der Waals surface area (Å²) >= 11 is 7.48. The standard InChI is InChI=1S/C11H11ClN2O3S/c12-9-2-1-7(5-10(9)14(16)17)11(15)13-8-3-4-18-6-8/h1-2,5,8H,3-4,6H2,(H,13,15). The Morgan fingerprint density at radius 1 is 1.56 bits per heavy atom. The molecular weight excluding hydrogens is 276 g/mol. The summed E-state index contributed by atoms with van der Waals surface area (Å²) < 4.78 is 0. The average Bonchev–Trinajstić information content (AvgIpc) is 2.81. The number of thioether (sulfide) groups is 1. The van der Waals surface area contributed by atoms with Gasteiger partial charge in [-0.3, -0.25) is 14.9 Å². The van der Waals surface area contributed by atoms with E-state index in [0.717, 1.165) is 17.9 Å². The number of nitro benzene ring substituents is 1. The minimum Gasteiger partial charge on any atom is -0.348 e. The summed E-state index contributed by atoms with van der Waals surface area (Å²) in [5.74, 6) is 1.63. The van der Waals surface area contributed by atoms with Gasteiger partial charge in [0, 0.05) is 23.4 Å². The van der Waals surface area contributed by atoms with Crippen molar-refractivity contribution in [1.29, 1.82) is 0 Å². The molecule has 1 aromatic carbocycles. The minimum atomic E-state index is -0.593. The van der Waals surface area contributed by atoms with E-state index < -0.39 is 4.92 Å². The van der Waals surface area contributed by atoms with Crippen molar-refractivity contribution in [1.82, 2.24) is 5.32 Å². The van der Waals surface area contributed by atoms with Crippen LogP contribution in [0, 0.1) is 10.1 Å². The van der Waals surface area contributed by atoms with Gasteiger partial charge in [0.2, 0.25) is 0 Å². The second-order valence-corrected chi connectivity index (χ2v) is 5.51. The maximum Gasteiger partial charge on any atom is 0.288 e. The molecule has 0 spiro atoms. The molecule has 0 saturated carbocycles. The van der Waals surface area contributed by atoms with Crippen LogP contribution in [0.1, 0.15) is 16.8 Å². The minimum absolute atomic E-state index is 0.0352.